The van der Waals surface area contributed by atoms with Gasteiger partial charge in [0.05, 0.1) is 10.0 Å². The number of hydrogen-bond acceptors (Lipinski definition) is 7. The number of ether oxygens (including phenoxy) is 1. The Morgan fingerprint density at radius 1 is 0.865 bits per heavy atom. The predicted octanol–water partition coefficient (Wildman–Crippen LogP) is 5.60. The van der Waals surface area contributed by atoms with Crippen LogP contribution in [0.3, 0.4) is 0 Å². The van der Waals surface area contributed by atoms with E-state index in [9.17, 15) is 22.8 Å². The summed E-state index contributed by atoms with van der Waals surface area (Å²) in [5, 5.41) is 3.32. The molecule has 0 aliphatic heterocycles. The average molecular weight is 564 g/mol. The molecule has 0 spiro atoms. The molecule has 0 saturated heterocycles. The molecule has 37 heavy (non-hydrogen) atoms. The Bertz CT molecular complexity index is 1390. The summed E-state index contributed by atoms with van der Waals surface area (Å²) in [7, 11) is -4.02. The fourth-order valence-electron chi connectivity index (χ4n) is 3.07. The van der Waals surface area contributed by atoms with Crippen molar-refractivity contribution >= 4 is 56.7 Å². The number of esters is 1. The molecule has 0 radical (unpaired) electrons. The average Bonchev–Trinajstić information content (AvgIpc) is 2.85. The van der Waals surface area contributed by atoms with Crippen molar-refractivity contribution in [2.75, 3.05) is 11.9 Å². The molecule has 0 aliphatic rings. The molecular weight excluding hydrogens is 541 g/mol. The lowest BCUT2D eigenvalue weighted by Crippen LogP contribution is -2.15. The summed E-state index contributed by atoms with van der Waals surface area (Å²) in [6, 6.07) is 16.3. The largest absolute Gasteiger partial charge is 0.457 e. The van der Waals surface area contributed by atoms with E-state index in [1.807, 2.05) is 6.92 Å². The monoisotopic (exact) mass is 563 g/mol. The number of aryl methyl sites for hydroxylation is 1. The molecular formula is C26H23Cl2NO7S. The van der Waals surface area contributed by atoms with Gasteiger partial charge in [0.1, 0.15) is 10.6 Å². The van der Waals surface area contributed by atoms with E-state index >= 15 is 0 Å². The van der Waals surface area contributed by atoms with E-state index in [1.54, 1.807) is 24.3 Å². The topological polar surface area (TPSA) is 116 Å². The van der Waals surface area contributed by atoms with Crippen LogP contribution in [0.4, 0.5) is 5.69 Å². The van der Waals surface area contributed by atoms with Crippen molar-refractivity contribution in [2.45, 2.75) is 31.1 Å². The summed E-state index contributed by atoms with van der Waals surface area (Å²) < 4.78 is 34.8. The fraction of sp³-hybridized carbons (Fsp3) is 0.192. The summed E-state index contributed by atoms with van der Waals surface area (Å²) in [6.45, 7) is 1.35. The van der Waals surface area contributed by atoms with Crippen LogP contribution < -0.4 is 9.50 Å². The van der Waals surface area contributed by atoms with Gasteiger partial charge in [-0.3, -0.25) is 14.4 Å². The number of amides is 1. The normalized spacial score (nSPS) is 11.0. The minimum absolute atomic E-state index is 0.0111. The number of ketones is 1. The van der Waals surface area contributed by atoms with Crippen molar-refractivity contribution in [1.82, 2.24) is 0 Å². The molecule has 0 heterocycles. The molecule has 194 valence electrons. The first kappa shape index (κ1) is 28.2. The fourth-order valence-corrected chi connectivity index (χ4v) is 4.30. The number of halogens is 2. The van der Waals surface area contributed by atoms with Gasteiger partial charge >= 0.3 is 16.1 Å². The van der Waals surface area contributed by atoms with Crippen LogP contribution in [-0.2, 0) is 24.4 Å². The van der Waals surface area contributed by atoms with Gasteiger partial charge in [-0.05, 0) is 67.9 Å². The minimum Gasteiger partial charge on any atom is -0.457 e. The first-order valence-electron chi connectivity index (χ1n) is 11.1. The van der Waals surface area contributed by atoms with Crippen LogP contribution in [0.1, 0.15) is 35.2 Å². The van der Waals surface area contributed by atoms with Crippen LogP contribution in [0.15, 0.2) is 71.6 Å². The Morgan fingerprint density at radius 2 is 1.54 bits per heavy atom. The van der Waals surface area contributed by atoms with Crippen LogP contribution in [0.5, 0.6) is 5.75 Å². The maximum Gasteiger partial charge on any atom is 0.339 e. The number of anilines is 1. The van der Waals surface area contributed by atoms with Crippen molar-refractivity contribution in [3.63, 3.8) is 0 Å². The number of carbonyl (C=O) groups is 3. The Morgan fingerprint density at radius 3 is 2.19 bits per heavy atom. The zero-order valence-corrected chi connectivity index (χ0v) is 22.0. The molecule has 11 heteroatoms. The third-order valence-corrected chi connectivity index (χ3v) is 7.04. The molecule has 0 aliphatic carbocycles. The summed E-state index contributed by atoms with van der Waals surface area (Å²) in [5.74, 6) is -1.37. The summed E-state index contributed by atoms with van der Waals surface area (Å²) in [4.78, 5) is 36.3. The molecule has 0 bridgehead atoms. The van der Waals surface area contributed by atoms with Crippen LogP contribution >= 0.6 is 23.2 Å². The zero-order valence-electron chi connectivity index (χ0n) is 19.7. The van der Waals surface area contributed by atoms with Crippen molar-refractivity contribution < 1.29 is 31.7 Å². The van der Waals surface area contributed by atoms with E-state index in [0.29, 0.717) is 15.7 Å². The van der Waals surface area contributed by atoms with E-state index in [1.165, 1.54) is 42.5 Å². The first-order chi connectivity index (χ1) is 17.5. The van der Waals surface area contributed by atoms with Crippen LogP contribution in [0, 0.1) is 6.92 Å². The lowest BCUT2D eigenvalue weighted by molar-refractivity contribution is -0.142. The highest BCUT2D eigenvalue weighted by Crippen LogP contribution is 2.25. The lowest BCUT2D eigenvalue weighted by Gasteiger charge is -2.08. The highest BCUT2D eigenvalue weighted by molar-refractivity contribution is 7.87. The number of nitrogens with one attached hydrogen (secondary N) is 1. The third-order valence-electron chi connectivity index (χ3n) is 5.04. The molecule has 0 unspecified atom stereocenters. The van der Waals surface area contributed by atoms with Gasteiger partial charge in [-0.25, -0.2) is 0 Å². The first-order valence-corrected chi connectivity index (χ1v) is 13.2. The smallest absolute Gasteiger partial charge is 0.339 e. The van der Waals surface area contributed by atoms with Crippen molar-refractivity contribution in [3.05, 3.63) is 87.9 Å². The highest BCUT2D eigenvalue weighted by atomic mass is 35.5. The molecule has 0 atom stereocenters. The van der Waals surface area contributed by atoms with E-state index < -0.39 is 28.5 Å². The van der Waals surface area contributed by atoms with Crippen molar-refractivity contribution in [2.24, 2.45) is 0 Å². The van der Waals surface area contributed by atoms with Gasteiger partial charge in [-0.1, -0.05) is 40.9 Å². The number of benzene rings is 3. The van der Waals surface area contributed by atoms with E-state index in [4.69, 9.17) is 32.1 Å². The van der Waals surface area contributed by atoms with Gasteiger partial charge in [0, 0.05) is 24.1 Å². The Balaban J connectivity index is 1.41. The maximum absolute atomic E-state index is 12.4. The van der Waals surface area contributed by atoms with Crippen LogP contribution in [0.25, 0.3) is 0 Å². The standard InChI is InChI=1S/C26H23Cl2NO7S/c1-17-5-12-21(13-6-17)37(33,34)36-20-10-7-18(8-11-20)24(30)16-35-26(32)4-2-3-25(31)29-19-9-14-22(27)23(28)15-19/h5-15H,2-4,16H2,1H3,(H,29,31). The van der Waals surface area contributed by atoms with E-state index in [-0.39, 0.29) is 41.4 Å². The summed E-state index contributed by atoms with van der Waals surface area (Å²) in [6.07, 6.45) is 0.240. The molecule has 0 saturated carbocycles. The van der Waals surface area contributed by atoms with E-state index in [0.717, 1.165) is 5.56 Å². The van der Waals surface area contributed by atoms with Crippen LogP contribution in [0.2, 0.25) is 10.0 Å². The highest BCUT2D eigenvalue weighted by Gasteiger charge is 2.17. The maximum atomic E-state index is 12.4. The molecule has 8 nitrogen and oxygen atoms in total. The lowest BCUT2D eigenvalue weighted by atomic mass is 10.1. The van der Waals surface area contributed by atoms with Crippen molar-refractivity contribution in [3.8, 4) is 5.75 Å². The predicted molar refractivity (Wildman–Crippen MR) is 140 cm³/mol. The summed E-state index contributed by atoms with van der Waals surface area (Å²) >= 11 is 11.7. The SMILES string of the molecule is Cc1ccc(S(=O)(=O)Oc2ccc(C(=O)COC(=O)CCCC(=O)Nc3ccc(Cl)c(Cl)c3)cc2)cc1. The third kappa shape index (κ3) is 8.59. The molecule has 0 fully saturated rings. The van der Waals surface area contributed by atoms with Gasteiger partial charge in [0.2, 0.25) is 5.91 Å². The number of carbonyl (C=O) groups excluding carboxylic acids is 3. The summed E-state index contributed by atoms with van der Waals surface area (Å²) in [5.41, 5.74) is 1.61. The minimum atomic E-state index is -4.02. The molecule has 0 aromatic heterocycles. The molecule has 1 amide bonds. The van der Waals surface area contributed by atoms with Crippen LogP contribution in [-0.4, -0.2) is 32.7 Å². The van der Waals surface area contributed by atoms with Gasteiger partial charge in [0.25, 0.3) is 0 Å². The molecule has 3 aromatic carbocycles. The van der Waals surface area contributed by atoms with Crippen molar-refractivity contribution in [1.29, 1.82) is 0 Å². The molecule has 1 N–H and O–H groups in total. The second-order valence-electron chi connectivity index (χ2n) is 7.99. The van der Waals surface area contributed by atoms with Gasteiger partial charge in [0.15, 0.2) is 12.4 Å². The Labute approximate surface area is 224 Å². The number of rotatable bonds is 11. The second kappa shape index (κ2) is 12.7. The molecule has 3 rings (SSSR count). The number of Topliss-reactive ketones (excluding diaryl/α,β-unsaturated/α-hetero) is 1. The quantitative estimate of drug-likeness (QED) is 0.183. The molecule has 3 aromatic rings. The number of hydrogen-bond donors (Lipinski definition) is 1. The van der Waals surface area contributed by atoms with E-state index in [2.05, 4.69) is 5.32 Å². The zero-order chi connectivity index (χ0) is 27.0. The second-order valence-corrected chi connectivity index (χ2v) is 10.4. The van der Waals surface area contributed by atoms with Gasteiger partial charge in [-0.15, -0.1) is 0 Å². The Hall–Kier alpha value is -3.40. The Kier molecular flexibility index (Phi) is 9.68. The van der Waals surface area contributed by atoms with Gasteiger partial charge < -0.3 is 14.2 Å². The van der Waals surface area contributed by atoms with Gasteiger partial charge in [-0.2, -0.15) is 8.42 Å².